The van der Waals surface area contributed by atoms with Crippen LogP contribution in [0.3, 0.4) is 0 Å². The van der Waals surface area contributed by atoms with Gasteiger partial charge in [0.05, 0.1) is 38.2 Å². The third kappa shape index (κ3) is 4.15. The summed E-state index contributed by atoms with van der Waals surface area (Å²) in [6.07, 6.45) is 1.16. The van der Waals surface area contributed by atoms with E-state index in [4.69, 9.17) is 14.2 Å². The van der Waals surface area contributed by atoms with E-state index < -0.39 is 12.4 Å². The molecule has 1 atom stereocenters. The predicted molar refractivity (Wildman–Crippen MR) is 91.6 cm³/mol. The van der Waals surface area contributed by atoms with Crippen molar-refractivity contribution in [1.82, 2.24) is 19.9 Å². The second-order valence-electron chi connectivity index (χ2n) is 6.40. The van der Waals surface area contributed by atoms with Gasteiger partial charge in [0, 0.05) is 12.8 Å². The molecule has 0 N–H and O–H groups in total. The first-order valence-corrected chi connectivity index (χ1v) is 8.87. The van der Waals surface area contributed by atoms with E-state index in [2.05, 4.69) is 10.3 Å². The van der Waals surface area contributed by atoms with Gasteiger partial charge in [-0.3, -0.25) is 9.59 Å². The maximum Gasteiger partial charge on any atom is 0.306 e. The SMILES string of the molecule is O=C1CCC(C(=O)N(Cc2cn(-c3ccccc3)nn2)CC2OCCO2)O1. The van der Waals surface area contributed by atoms with Gasteiger partial charge >= 0.3 is 5.97 Å². The smallest absolute Gasteiger partial charge is 0.306 e. The Labute approximate surface area is 155 Å². The predicted octanol–water partition coefficient (Wildman–Crippen LogP) is 0.674. The van der Waals surface area contributed by atoms with Crippen molar-refractivity contribution in [2.24, 2.45) is 0 Å². The number of para-hydroxylation sites is 1. The van der Waals surface area contributed by atoms with Crippen LogP contribution in [0.1, 0.15) is 18.5 Å². The number of esters is 1. The number of hydrogen-bond donors (Lipinski definition) is 0. The highest BCUT2D eigenvalue weighted by atomic mass is 16.7. The lowest BCUT2D eigenvalue weighted by molar-refractivity contribution is -0.156. The number of hydrogen-bond acceptors (Lipinski definition) is 7. The molecule has 1 amide bonds. The average molecular weight is 372 g/mol. The zero-order valence-corrected chi connectivity index (χ0v) is 14.7. The first kappa shape index (κ1) is 17.6. The van der Waals surface area contributed by atoms with Gasteiger partial charge in [-0.05, 0) is 12.1 Å². The Morgan fingerprint density at radius 2 is 2.00 bits per heavy atom. The van der Waals surface area contributed by atoms with Crippen molar-refractivity contribution in [2.75, 3.05) is 19.8 Å². The van der Waals surface area contributed by atoms with E-state index in [0.29, 0.717) is 25.3 Å². The third-order valence-corrected chi connectivity index (χ3v) is 4.45. The zero-order chi connectivity index (χ0) is 18.6. The lowest BCUT2D eigenvalue weighted by atomic mass is 10.2. The van der Waals surface area contributed by atoms with Crippen LogP contribution in [0.25, 0.3) is 5.69 Å². The number of benzene rings is 1. The highest BCUT2D eigenvalue weighted by molar-refractivity contribution is 5.86. The second kappa shape index (κ2) is 7.85. The number of carbonyl (C=O) groups excluding carboxylic acids is 2. The van der Waals surface area contributed by atoms with Crippen molar-refractivity contribution in [3.8, 4) is 5.69 Å². The first-order valence-electron chi connectivity index (χ1n) is 8.87. The minimum atomic E-state index is -0.761. The second-order valence-corrected chi connectivity index (χ2v) is 6.40. The molecule has 2 fully saturated rings. The van der Waals surface area contributed by atoms with E-state index in [1.807, 2.05) is 30.3 Å². The normalized spacial score (nSPS) is 20.0. The largest absolute Gasteiger partial charge is 0.452 e. The van der Waals surface area contributed by atoms with E-state index in [-0.39, 0.29) is 31.4 Å². The Balaban J connectivity index is 1.49. The van der Waals surface area contributed by atoms with Crippen LogP contribution < -0.4 is 0 Å². The summed E-state index contributed by atoms with van der Waals surface area (Å²) in [5.74, 6) is -0.620. The first-order chi connectivity index (χ1) is 13.2. The summed E-state index contributed by atoms with van der Waals surface area (Å²) in [6.45, 7) is 1.46. The van der Waals surface area contributed by atoms with Crippen molar-refractivity contribution in [2.45, 2.75) is 31.8 Å². The molecule has 0 radical (unpaired) electrons. The van der Waals surface area contributed by atoms with E-state index in [1.54, 1.807) is 15.8 Å². The molecule has 1 unspecified atom stereocenters. The molecule has 2 saturated heterocycles. The van der Waals surface area contributed by atoms with Gasteiger partial charge in [0.1, 0.15) is 5.69 Å². The van der Waals surface area contributed by atoms with Crippen LogP contribution in [-0.4, -0.2) is 63.9 Å². The van der Waals surface area contributed by atoms with Crippen molar-refractivity contribution < 1.29 is 23.8 Å². The molecule has 0 spiro atoms. The van der Waals surface area contributed by atoms with Gasteiger partial charge in [-0.1, -0.05) is 23.4 Å². The third-order valence-electron chi connectivity index (χ3n) is 4.45. The molecule has 3 heterocycles. The highest BCUT2D eigenvalue weighted by Gasteiger charge is 2.35. The number of ether oxygens (including phenoxy) is 3. The van der Waals surface area contributed by atoms with E-state index >= 15 is 0 Å². The maximum absolute atomic E-state index is 12.8. The van der Waals surface area contributed by atoms with Crippen LogP contribution in [0.5, 0.6) is 0 Å². The number of cyclic esters (lactones) is 1. The highest BCUT2D eigenvalue weighted by Crippen LogP contribution is 2.19. The molecule has 9 nitrogen and oxygen atoms in total. The minimum Gasteiger partial charge on any atom is -0.452 e. The summed E-state index contributed by atoms with van der Waals surface area (Å²) in [7, 11) is 0. The summed E-state index contributed by atoms with van der Waals surface area (Å²) >= 11 is 0. The van der Waals surface area contributed by atoms with Gasteiger partial charge in [0.25, 0.3) is 5.91 Å². The number of amides is 1. The monoisotopic (exact) mass is 372 g/mol. The Morgan fingerprint density at radius 3 is 2.70 bits per heavy atom. The van der Waals surface area contributed by atoms with Crippen molar-refractivity contribution in [3.63, 3.8) is 0 Å². The van der Waals surface area contributed by atoms with Crippen LogP contribution in [-0.2, 0) is 30.3 Å². The molecule has 142 valence electrons. The Morgan fingerprint density at radius 1 is 1.22 bits per heavy atom. The number of rotatable bonds is 6. The van der Waals surface area contributed by atoms with E-state index in [0.717, 1.165) is 5.69 Å². The lowest BCUT2D eigenvalue weighted by Gasteiger charge is -2.26. The Kier molecular flexibility index (Phi) is 5.12. The van der Waals surface area contributed by atoms with Gasteiger partial charge in [0.2, 0.25) is 0 Å². The molecular weight excluding hydrogens is 352 g/mol. The summed E-state index contributed by atoms with van der Waals surface area (Å²) in [5, 5.41) is 8.28. The fourth-order valence-electron chi connectivity index (χ4n) is 3.10. The average Bonchev–Trinajstić information content (AvgIpc) is 3.44. The topological polar surface area (TPSA) is 95.8 Å². The van der Waals surface area contributed by atoms with Crippen LogP contribution in [0.15, 0.2) is 36.5 Å². The molecule has 4 rings (SSSR count). The molecular formula is C18H20N4O5. The Hall–Kier alpha value is -2.78. The summed E-state index contributed by atoms with van der Waals surface area (Å²) in [4.78, 5) is 25.8. The molecule has 0 saturated carbocycles. The number of nitrogens with zero attached hydrogens (tertiary/aromatic N) is 4. The summed E-state index contributed by atoms with van der Waals surface area (Å²) in [6, 6.07) is 9.58. The van der Waals surface area contributed by atoms with Gasteiger partial charge in [-0.2, -0.15) is 0 Å². The molecule has 2 aromatic rings. The van der Waals surface area contributed by atoms with Crippen molar-refractivity contribution in [3.05, 3.63) is 42.2 Å². The van der Waals surface area contributed by atoms with Gasteiger partial charge in [0.15, 0.2) is 12.4 Å². The summed E-state index contributed by atoms with van der Waals surface area (Å²) < 4.78 is 17.7. The van der Waals surface area contributed by atoms with Gasteiger partial charge in [-0.25, -0.2) is 4.68 Å². The molecule has 1 aromatic carbocycles. The summed E-state index contributed by atoms with van der Waals surface area (Å²) in [5.41, 5.74) is 1.50. The molecule has 0 aliphatic carbocycles. The van der Waals surface area contributed by atoms with E-state index in [9.17, 15) is 9.59 Å². The van der Waals surface area contributed by atoms with Crippen molar-refractivity contribution >= 4 is 11.9 Å². The molecule has 9 heteroatoms. The van der Waals surface area contributed by atoms with Crippen LogP contribution in [0.2, 0.25) is 0 Å². The van der Waals surface area contributed by atoms with Crippen molar-refractivity contribution in [1.29, 1.82) is 0 Å². The van der Waals surface area contributed by atoms with Crippen LogP contribution in [0.4, 0.5) is 0 Å². The lowest BCUT2D eigenvalue weighted by Crippen LogP contribution is -2.43. The number of aromatic nitrogens is 3. The molecule has 2 aliphatic heterocycles. The fraction of sp³-hybridized carbons (Fsp3) is 0.444. The van der Waals surface area contributed by atoms with Crippen LogP contribution >= 0.6 is 0 Å². The zero-order valence-electron chi connectivity index (χ0n) is 14.7. The molecule has 1 aromatic heterocycles. The minimum absolute atomic E-state index is 0.225. The quantitative estimate of drug-likeness (QED) is 0.688. The molecule has 2 aliphatic rings. The fourth-order valence-corrected chi connectivity index (χ4v) is 3.10. The van der Waals surface area contributed by atoms with Crippen LogP contribution in [0, 0.1) is 0 Å². The van der Waals surface area contributed by atoms with E-state index in [1.165, 1.54) is 0 Å². The standard InChI is InChI=1S/C18H20N4O5/c23-16-7-6-15(27-16)18(24)21(12-17-25-8-9-26-17)10-13-11-22(20-19-13)14-4-2-1-3-5-14/h1-5,11,15,17H,6-10,12H2. The molecule has 27 heavy (non-hydrogen) atoms. The molecule has 0 bridgehead atoms. The maximum atomic E-state index is 12.8. The Bertz CT molecular complexity index is 803. The van der Waals surface area contributed by atoms with Gasteiger partial charge < -0.3 is 19.1 Å². The van der Waals surface area contributed by atoms with Gasteiger partial charge in [-0.15, -0.1) is 5.10 Å². The number of carbonyl (C=O) groups is 2.